The molecular weight excluding hydrogens is 408 g/mol. The zero-order chi connectivity index (χ0) is 22.9. The lowest BCUT2D eigenvalue weighted by Gasteiger charge is -2.11. The molecule has 0 saturated carbocycles. The first-order valence-electron chi connectivity index (χ1n) is 9.75. The van der Waals surface area contributed by atoms with Crippen LogP contribution in [0.5, 0.6) is 0 Å². The van der Waals surface area contributed by atoms with Crippen LogP contribution in [0.2, 0.25) is 0 Å². The van der Waals surface area contributed by atoms with Crippen molar-refractivity contribution in [3.05, 3.63) is 94.5 Å². The fraction of sp³-hybridized carbons (Fsp3) is 0.0870. The summed E-state index contributed by atoms with van der Waals surface area (Å²) in [5.41, 5.74) is 8.82. The molecule has 0 atom stereocenters. The van der Waals surface area contributed by atoms with Gasteiger partial charge in [0.1, 0.15) is 0 Å². The van der Waals surface area contributed by atoms with Gasteiger partial charge in [-0.3, -0.25) is 25.8 Å². The van der Waals surface area contributed by atoms with Gasteiger partial charge in [-0.15, -0.1) is 0 Å². The number of hydrazone groups is 2. The van der Waals surface area contributed by atoms with Crippen molar-refractivity contribution in [2.24, 2.45) is 10.2 Å². The van der Waals surface area contributed by atoms with Crippen molar-refractivity contribution in [1.82, 2.24) is 0 Å². The molecule has 0 aliphatic heterocycles. The third kappa shape index (κ3) is 5.99. The number of carbonyl (C=O) groups excluding carboxylic acids is 1. The van der Waals surface area contributed by atoms with Gasteiger partial charge in [0.25, 0.3) is 11.6 Å². The normalized spacial score (nSPS) is 11.6. The number of para-hydroxylation sites is 2. The van der Waals surface area contributed by atoms with Gasteiger partial charge in [0.15, 0.2) is 5.71 Å². The summed E-state index contributed by atoms with van der Waals surface area (Å²) in [6.45, 7) is 3.54. The van der Waals surface area contributed by atoms with Gasteiger partial charge in [0, 0.05) is 17.8 Å². The van der Waals surface area contributed by atoms with Gasteiger partial charge in [-0.25, -0.2) is 0 Å². The van der Waals surface area contributed by atoms with E-state index in [1.165, 1.54) is 24.3 Å². The number of nitro groups is 1. The van der Waals surface area contributed by atoms with Gasteiger partial charge in [-0.05, 0) is 49.7 Å². The molecular formula is C23H22N6O3. The van der Waals surface area contributed by atoms with Crippen molar-refractivity contribution in [3.63, 3.8) is 0 Å². The fourth-order valence-corrected chi connectivity index (χ4v) is 2.68. The van der Waals surface area contributed by atoms with Crippen LogP contribution in [0.1, 0.15) is 12.5 Å². The number of anilines is 3. The van der Waals surface area contributed by atoms with Crippen molar-refractivity contribution in [2.45, 2.75) is 13.8 Å². The number of nitrogens with zero attached hydrogens (tertiary/aromatic N) is 3. The summed E-state index contributed by atoms with van der Waals surface area (Å²) in [6, 6.07) is 22.4. The van der Waals surface area contributed by atoms with E-state index >= 15 is 0 Å². The summed E-state index contributed by atoms with van der Waals surface area (Å²) in [4.78, 5) is 23.3. The fourth-order valence-electron chi connectivity index (χ4n) is 2.68. The van der Waals surface area contributed by atoms with Crippen LogP contribution in [0.15, 0.2) is 89.1 Å². The Hall–Kier alpha value is -4.53. The van der Waals surface area contributed by atoms with Crippen LogP contribution in [0.4, 0.5) is 22.7 Å². The van der Waals surface area contributed by atoms with Crippen LogP contribution in [0, 0.1) is 17.0 Å². The number of nitrogens with one attached hydrogen (secondary N) is 3. The maximum absolute atomic E-state index is 13.0. The van der Waals surface area contributed by atoms with Crippen LogP contribution in [0.25, 0.3) is 0 Å². The highest BCUT2D eigenvalue weighted by molar-refractivity contribution is 6.68. The minimum Gasteiger partial charge on any atom is -0.320 e. The third-order valence-electron chi connectivity index (χ3n) is 4.45. The van der Waals surface area contributed by atoms with E-state index in [-0.39, 0.29) is 11.4 Å². The van der Waals surface area contributed by atoms with Crippen molar-refractivity contribution >= 4 is 40.1 Å². The monoisotopic (exact) mass is 430 g/mol. The van der Waals surface area contributed by atoms with E-state index in [0.717, 1.165) is 11.3 Å². The minimum atomic E-state index is -0.486. The van der Waals surface area contributed by atoms with E-state index in [1.54, 1.807) is 13.0 Å². The molecule has 9 heteroatoms. The number of benzene rings is 3. The Balaban J connectivity index is 1.85. The number of amides is 1. The summed E-state index contributed by atoms with van der Waals surface area (Å²) in [5, 5.41) is 22.2. The van der Waals surface area contributed by atoms with Gasteiger partial charge < -0.3 is 5.32 Å². The molecule has 0 radical (unpaired) electrons. The van der Waals surface area contributed by atoms with Gasteiger partial charge in [0.05, 0.1) is 22.0 Å². The molecule has 3 rings (SSSR count). The van der Waals surface area contributed by atoms with E-state index < -0.39 is 10.8 Å². The first-order chi connectivity index (χ1) is 15.4. The van der Waals surface area contributed by atoms with E-state index in [2.05, 4.69) is 26.4 Å². The quantitative estimate of drug-likeness (QED) is 0.269. The first-order valence-corrected chi connectivity index (χ1v) is 9.75. The second-order valence-corrected chi connectivity index (χ2v) is 6.82. The van der Waals surface area contributed by atoms with Gasteiger partial charge >= 0.3 is 0 Å². The van der Waals surface area contributed by atoms with E-state index in [1.807, 2.05) is 55.5 Å². The SMILES string of the molecule is CC(=N\Nc1ccccc1)/C(=N\Nc1ccc([N+](=O)[O-])cc1)C(=O)Nc1ccccc1C. The number of carbonyl (C=O) groups is 1. The maximum atomic E-state index is 13.0. The number of nitro benzene ring substituents is 1. The van der Waals surface area contributed by atoms with Crippen LogP contribution < -0.4 is 16.2 Å². The molecule has 0 aliphatic carbocycles. The zero-order valence-corrected chi connectivity index (χ0v) is 17.6. The van der Waals surface area contributed by atoms with Gasteiger partial charge in [0.2, 0.25) is 0 Å². The Morgan fingerprint density at radius 2 is 1.44 bits per heavy atom. The molecule has 0 heterocycles. The van der Waals surface area contributed by atoms with Crippen LogP contribution >= 0.6 is 0 Å². The molecule has 162 valence electrons. The third-order valence-corrected chi connectivity index (χ3v) is 4.45. The number of hydrogen-bond donors (Lipinski definition) is 3. The number of non-ortho nitro benzene ring substituents is 1. The molecule has 1 amide bonds. The average Bonchev–Trinajstić information content (AvgIpc) is 2.80. The summed E-state index contributed by atoms with van der Waals surface area (Å²) in [5.74, 6) is -0.454. The van der Waals surface area contributed by atoms with Crippen molar-refractivity contribution in [1.29, 1.82) is 0 Å². The summed E-state index contributed by atoms with van der Waals surface area (Å²) in [6.07, 6.45) is 0. The summed E-state index contributed by atoms with van der Waals surface area (Å²) in [7, 11) is 0. The van der Waals surface area contributed by atoms with E-state index in [0.29, 0.717) is 17.1 Å². The molecule has 3 aromatic rings. The molecule has 9 nitrogen and oxygen atoms in total. The predicted octanol–water partition coefficient (Wildman–Crippen LogP) is 4.80. The van der Waals surface area contributed by atoms with E-state index in [4.69, 9.17) is 0 Å². The predicted molar refractivity (Wildman–Crippen MR) is 127 cm³/mol. The van der Waals surface area contributed by atoms with Crippen LogP contribution in [0.3, 0.4) is 0 Å². The molecule has 3 N–H and O–H groups in total. The Bertz CT molecular complexity index is 1160. The first kappa shape index (κ1) is 22.2. The minimum absolute atomic E-state index is 0.0400. The Morgan fingerprint density at radius 1 is 0.844 bits per heavy atom. The van der Waals surface area contributed by atoms with Gasteiger partial charge in [-0.2, -0.15) is 10.2 Å². The lowest BCUT2D eigenvalue weighted by molar-refractivity contribution is -0.384. The van der Waals surface area contributed by atoms with E-state index in [9.17, 15) is 14.9 Å². The number of hydrogen-bond acceptors (Lipinski definition) is 7. The topological polar surface area (TPSA) is 121 Å². The van der Waals surface area contributed by atoms with Crippen molar-refractivity contribution in [2.75, 3.05) is 16.2 Å². The number of rotatable bonds is 8. The molecule has 32 heavy (non-hydrogen) atoms. The largest absolute Gasteiger partial charge is 0.320 e. The maximum Gasteiger partial charge on any atom is 0.278 e. The van der Waals surface area contributed by atoms with Crippen molar-refractivity contribution < 1.29 is 9.72 Å². The molecule has 3 aromatic carbocycles. The molecule has 0 saturated heterocycles. The molecule has 0 fully saturated rings. The van der Waals surface area contributed by atoms with Gasteiger partial charge in [-0.1, -0.05) is 36.4 Å². The molecule has 0 aliphatic rings. The van der Waals surface area contributed by atoms with Crippen LogP contribution in [-0.4, -0.2) is 22.3 Å². The molecule has 0 bridgehead atoms. The highest BCUT2D eigenvalue weighted by atomic mass is 16.6. The Labute approximate surface area is 185 Å². The second kappa shape index (κ2) is 10.5. The Morgan fingerprint density at radius 3 is 2.09 bits per heavy atom. The highest BCUT2D eigenvalue weighted by Crippen LogP contribution is 2.16. The zero-order valence-electron chi connectivity index (χ0n) is 17.6. The van der Waals surface area contributed by atoms with Crippen LogP contribution in [-0.2, 0) is 4.79 Å². The summed E-state index contributed by atoms with van der Waals surface area (Å²) < 4.78 is 0. The van der Waals surface area contributed by atoms with Crippen molar-refractivity contribution in [3.8, 4) is 0 Å². The highest BCUT2D eigenvalue weighted by Gasteiger charge is 2.17. The standard InChI is InChI=1S/C23H22N6O3/c1-16-8-6-7-11-21(16)24-23(30)22(17(2)25-26-18-9-4-3-5-10-18)28-27-19-12-14-20(15-13-19)29(31)32/h3-15,26-27H,1-2H3,(H,24,30)/b25-17+,28-22+. The molecule has 0 spiro atoms. The molecule has 0 unspecified atom stereocenters. The summed E-state index contributed by atoms with van der Waals surface area (Å²) >= 11 is 0. The second-order valence-electron chi connectivity index (χ2n) is 6.82. The number of aryl methyl sites for hydroxylation is 1. The molecule has 0 aromatic heterocycles. The average molecular weight is 430 g/mol. The smallest absolute Gasteiger partial charge is 0.278 e. The Kier molecular flexibility index (Phi) is 7.26. The lowest BCUT2D eigenvalue weighted by atomic mass is 10.2. The lowest BCUT2D eigenvalue weighted by Crippen LogP contribution is -2.30.